The lowest BCUT2D eigenvalue weighted by Crippen LogP contribution is -2.03. The summed E-state index contributed by atoms with van der Waals surface area (Å²) in [4.78, 5) is 0.860. The molecule has 0 N–H and O–H groups in total. The average molecular weight is 263 g/mol. The van der Waals surface area contributed by atoms with Gasteiger partial charge in [0.05, 0.1) is 9.90 Å². The molecule has 1 heterocycles. The molecule has 0 radical (unpaired) electrons. The summed E-state index contributed by atoms with van der Waals surface area (Å²) in [6.07, 6.45) is -4.29. The molecule has 0 fully saturated rings. The molecule has 84 valence electrons. The van der Waals surface area contributed by atoms with Gasteiger partial charge in [-0.25, -0.2) is 0 Å². The van der Waals surface area contributed by atoms with E-state index >= 15 is 0 Å². The second-order valence-corrected chi connectivity index (χ2v) is 4.89. The van der Waals surface area contributed by atoms with E-state index in [1.807, 2.05) is 0 Å². The summed E-state index contributed by atoms with van der Waals surface area (Å²) in [6, 6.07) is 8.55. The number of alkyl halides is 3. The van der Waals surface area contributed by atoms with Crippen molar-refractivity contribution in [2.75, 3.05) is 0 Å². The maximum absolute atomic E-state index is 12.3. The number of halogens is 4. The lowest BCUT2D eigenvalue weighted by molar-refractivity contribution is -0.137. The molecular weight excluding hydrogens is 257 g/mol. The van der Waals surface area contributed by atoms with Crippen molar-refractivity contribution in [3.8, 4) is 10.4 Å². The smallest absolute Gasteiger partial charge is 0.166 e. The summed E-state index contributed by atoms with van der Waals surface area (Å²) in [5.74, 6) is 0. The van der Waals surface area contributed by atoms with Crippen LogP contribution in [0.15, 0.2) is 36.4 Å². The Morgan fingerprint density at radius 2 is 1.56 bits per heavy atom. The van der Waals surface area contributed by atoms with Gasteiger partial charge in [-0.05, 0) is 29.8 Å². The maximum Gasteiger partial charge on any atom is 0.416 e. The summed E-state index contributed by atoms with van der Waals surface area (Å²) in [5.41, 5.74) is 0.101. The third-order valence-corrected chi connectivity index (χ3v) is 3.35. The number of benzene rings is 1. The molecule has 0 aliphatic rings. The van der Waals surface area contributed by atoms with Crippen LogP contribution in [0.2, 0.25) is 4.34 Å². The topological polar surface area (TPSA) is 0 Å². The largest absolute Gasteiger partial charge is 0.416 e. The molecule has 0 unspecified atom stereocenters. The Morgan fingerprint density at radius 3 is 2.00 bits per heavy atom. The zero-order valence-electron chi connectivity index (χ0n) is 7.88. The maximum atomic E-state index is 12.3. The number of hydrogen-bond donors (Lipinski definition) is 0. The Hall–Kier alpha value is -1.00. The van der Waals surface area contributed by atoms with Gasteiger partial charge in [-0.2, -0.15) is 13.2 Å². The zero-order valence-corrected chi connectivity index (χ0v) is 9.46. The quantitative estimate of drug-likeness (QED) is 0.672. The highest BCUT2D eigenvalue weighted by Gasteiger charge is 2.29. The Labute approximate surface area is 99.3 Å². The van der Waals surface area contributed by atoms with Gasteiger partial charge in [-0.1, -0.05) is 23.7 Å². The molecule has 2 rings (SSSR count). The van der Waals surface area contributed by atoms with E-state index in [9.17, 15) is 13.2 Å². The first-order chi connectivity index (χ1) is 7.47. The molecule has 0 atom stereocenters. The first kappa shape index (κ1) is 11.5. The fraction of sp³-hybridized carbons (Fsp3) is 0.0909. The monoisotopic (exact) mass is 262 g/mol. The fourth-order valence-corrected chi connectivity index (χ4v) is 2.34. The highest BCUT2D eigenvalue weighted by Crippen LogP contribution is 2.34. The molecule has 5 heteroatoms. The van der Waals surface area contributed by atoms with Crippen LogP contribution in [0.5, 0.6) is 0 Å². The van der Waals surface area contributed by atoms with Gasteiger partial charge in [-0.15, -0.1) is 11.3 Å². The van der Waals surface area contributed by atoms with Crippen LogP contribution in [0.25, 0.3) is 10.4 Å². The van der Waals surface area contributed by atoms with Gasteiger partial charge in [0.25, 0.3) is 0 Å². The van der Waals surface area contributed by atoms with Crippen molar-refractivity contribution in [3.05, 3.63) is 46.3 Å². The first-order valence-corrected chi connectivity index (χ1v) is 5.59. The third kappa shape index (κ3) is 2.39. The number of thiophene rings is 1. The second kappa shape index (κ2) is 4.11. The minimum atomic E-state index is -4.29. The lowest BCUT2D eigenvalue weighted by atomic mass is 10.1. The molecule has 1 aromatic carbocycles. The summed E-state index contributed by atoms with van der Waals surface area (Å²) in [7, 11) is 0. The van der Waals surface area contributed by atoms with E-state index in [2.05, 4.69) is 0 Å². The highest BCUT2D eigenvalue weighted by atomic mass is 35.5. The third-order valence-electron chi connectivity index (χ3n) is 2.07. The molecule has 0 nitrogen and oxygen atoms in total. The molecule has 0 aliphatic heterocycles. The van der Waals surface area contributed by atoms with Gasteiger partial charge in [0, 0.05) is 4.88 Å². The predicted molar refractivity (Wildman–Crippen MR) is 59.8 cm³/mol. The van der Waals surface area contributed by atoms with Crippen LogP contribution in [0, 0.1) is 0 Å². The van der Waals surface area contributed by atoms with Crippen LogP contribution in [-0.4, -0.2) is 0 Å². The Balaban J connectivity index is 2.33. The minimum absolute atomic E-state index is 0.620. The van der Waals surface area contributed by atoms with E-state index in [-0.39, 0.29) is 0 Å². The minimum Gasteiger partial charge on any atom is -0.166 e. The van der Waals surface area contributed by atoms with E-state index in [4.69, 9.17) is 11.6 Å². The van der Waals surface area contributed by atoms with Crippen molar-refractivity contribution < 1.29 is 13.2 Å². The molecule has 0 amide bonds. The Kier molecular flexibility index (Phi) is 2.95. The Bertz CT molecular complexity index is 485. The molecule has 0 spiro atoms. The molecule has 2 aromatic rings. The summed E-state index contributed by atoms with van der Waals surface area (Å²) in [6.45, 7) is 0. The van der Waals surface area contributed by atoms with Gasteiger partial charge < -0.3 is 0 Å². The molecule has 16 heavy (non-hydrogen) atoms. The normalized spacial score (nSPS) is 11.8. The van der Waals surface area contributed by atoms with Crippen molar-refractivity contribution in [1.82, 2.24) is 0 Å². The number of rotatable bonds is 1. The van der Waals surface area contributed by atoms with E-state index in [0.717, 1.165) is 22.6 Å². The Morgan fingerprint density at radius 1 is 0.938 bits per heavy atom. The van der Waals surface area contributed by atoms with Gasteiger partial charge >= 0.3 is 6.18 Å². The first-order valence-electron chi connectivity index (χ1n) is 4.40. The molecule has 0 saturated carbocycles. The van der Waals surface area contributed by atoms with Gasteiger partial charge in [0.1, 0.15) is 0 Å². The van der Waals surface area contributed by atoms with E-state index in [0.29, 0.717) is 4.34 Å². The molecular formula is C11H6ClF3S. The van der Waals surface area contributed by atoms with Crippen LogP contribution in [0.3, 0.4) is 0 Å². The SMILES string of the molecule is FC(F)(F)c1ccc(-c2ccc(Cl)s2)cc1. The molecule has 0 aliphatic carbocycles. The van der Waals surface area contributed by atoms with Crippen molar-refractivity contribution >= 4 is 22.9 Å². The predicted octanol–water partition coefficient (Wildman–Crippen LogP) is 5.09. The summed E-state index contributed by atoms with van der Waals surface area (Å²) >= 11 is 7.09. The van der Waals surface area contributed by atoms with Gasteiger partial charge in [0.2, 0.25) is 0 Å². The van der Waals surface area contributed by atoms with Crippen LogP contribution in [-0.2, 0) is 6.18 Å². The fourth-order valence-electron chi connectivity index (χ4n) is 1.29. The highest BCUT2D eigenvalue weighted by molar-refractivity contribution is 7.19. The van der Waals surface area contributed by atoms with E-state index in [1.165, 1.54) is 23.5 Å². The van der Waals surface area contributed by atoms with E-state index in [1.54, 1.807) is 12.1 Å². The van der Waals surface area contributed by atoms with Crippen molar-refractivity contribution in [2.24, 2.45) is 0 Å². The van der Waals surface area contributed by atoms with Gasteiger partial charge in [0.15, 0.2) is 0 Å². The van der Waals surface area contributed by atoms with E-state index < -0.39 is 11.7 Å². The summed E-state index contributed by atoms with van der Waals surface area (Å²) in [5, 5.41) is 0. The van der Waals surface area contributed by atoms with Crippen LogP contribution >= 0.6 is 22.9 Å². The van der Waals surface area contributed by atoms with Crippen molar-refractivity contribution in [2.45, 2.75) is 6.18 Å². The van der Waals surface area contributed by atoms with Crippen LogP contribution in [0.1, 0.15) is 5.56 Å². The lowest BCUT2D eigenvalue weighted by Gasteiger charge is -2.06. The molecule has 0 saturated heterocycles. The average Bonchev–Trinajstić information content (AvgIpc) is 2.64. The standard InChI is InChI=1S/C11H6ClF3S/c12-10-6-5-9(16-10)7-1-3-8(4-2-7)11(13,14)15/h1-6H. The van der Waals surface area contributed by atoms with Gasteiger partial charge in [-0.3, -0.25) is 0 Å². The van der Waals surface area contributed by atoms with Crippen LogP contribution < -0.4 is 0 Å². The molecule has 1 aromatic heterocycles. The van der Waals surface area contributed by atoms with Crippen molar-refractivity contribution in [1.29, 1.82) is 0 Å². The van der Waals surface area contributed by atoms with Crippen LogP contribution in [0.4, 0.5) is 13.2 Å². The summed E-state index contributed by atoms with van der Waals surface area (Å²) < 4.78 is 37.5. The number of hydrogen-bond acceptors (Lipinski definition) is 1. The van der Waals surface area contributed by atoms with Crippen molar-refractivity contribution in [3.63, 3.8) is 0 Å². The second-order valence-electron chi connectivity index (χ2n) is 3.18. The molecule has 0 bridgehead atoms. The zero-order chi connectivity index (χ0) is 11.8.